The Morgan fingerprint density at radius 2 is 1.62 bits per heavy atom. The van der Waals surface area contributed by atoms with Crippen LogP contribution < -0.4 is 19.5 Å². The van der Waals surface area contributed by atoms with Crippen LogP contribution in [0, 0.1) is 0 Å². The minimum absolute atomic E-state index is 0.165. The predicted molar refractivity (Wildman–Crippen MR) is 102 cm³/mol. The van der Waals surface area contributed by atoms with Crippen molar-refractivity contribution in [1.29, 1.82) is 0 Å². The van der Waals surface area contributed by atoms with Crippen molar-refractivity contribution in [2.75, 3.05) is 20.3 Å². The third-order valence-electron chi connectivity index (χ3n) is 3.74. The van der Waals surface area contributed by atoms with Crippen molar-refractivity contribution in [2.24, 2.45) is 0 Å². The van der Waals surface area contributed by atoms with Crippen molar-refractivity contribution in [1.82, 2.24) is 5.32 Å². The van der Waals surface area contributed by atoms with Crippen LogP contribution in [-0.2, 0) is 6.54 Å². The van der Waals surface area contributed by atoms with Gasteiger partial charge in [-0.05, 0) is 42.7 Å². The normalized spacial score (nSPS) is 10.3. The Morgan fingerprint density at radius 1 is 0.923 bits per heavy atom. The van der Waals surface area contributed by atoms with Crippen LogP contribution in [0.1, 0.15) is 42.6 Å². The highest BCUT2D eigenvalue weighted by Gasteiger charge is 2.12. The van der Waals surface area contributed by atoms with Gasteiger partial charge in [0.2, 0.25) is 0 Å². The first-order chi connectivity index (χ1) is 12.7. The fourth-order valence-corrected chi connectivity index (χ4v) is 2.42. The fourth-order valence-electron chi connectivity index (χ4n) is 2.42. The molecule has 5 nitrogen and oxygen atoms in total. The first-order valence-electron chi connectivity index (χ1n) is 8.99. The largest absolute Gasteiger partial charge is 0.493 e. The summed E-state index contributed by atoms with van der Waals surface area (Å²) >= 11 is 0. The Labute approximate surface area is 155 Å². The summed E-state index contributed by atoms with van der Waals surface area (Å²) in [6.07, 6.45) is 1.82. The van der Waals surface area contributed by atoms with E-state index in [4.69, 9.17) is 14.2 Å². The number of amides is 1. The van der Waals surface area contributed by atoms with Crippen molar-refractivity contribution in [3.05, 3.63) is 53.6 Å². The van der Waals surface area contributed by atoms with Crippen molar-refractivity contribution >= 4 is 5.91 Å². The summed E-state index contributed by atoms with van der Waals surface area (Å²) in [7, 11) is 1.61. The van der Waals surface area contributed by atoms with Gasteiger partial charge < -0.3 is 19.5 Å². The van der Waals surface area contributed by atoms with E-state index in [-0.39, 0.29) is 5.91 Å². The molecule has 0 aliphatic carbocycles. The Kier molecular flexibility index (Phi) is 7.80. The number of carbonyl (C=O) groups is 1. The predicted octanol–water partition coefficient (Wildman–Crippen LogP) is 4.20. The van der Waals surface area contributed by atoms with Crippen LogP contribution in [-0.4, -0.2) is 26.2 Å². The summed E-state index contributed by atoms with van der Waals surface area (Å²) in [5.74, 6) is 1.81. The van der Waals surface area contributed by atoms with Crippen LogP contribution in [0.25, 0.3) is 0 Å². The third kappa shape index (κ3) is 5.41. The third-order valence-corrected chi connectivity index (χ3v) is 3.74. The molecule has 0 saturated heterocycles. The van der Waals surface area contributed by atoms with Gasteiger partial charge in [-0.25, -0.2) is 0 Å². The van der Waals surface area contributed by atoms with Gasteiger partial charge in [0.1, 0.15) is 5.75 Å². The Balaban J connectivity index is 2.03. The molecule has 2 rings (SSSR count). The van der Waals surface area contributed by atoms with E-state index >= 15 is 0 Å². The number of hydrogen-bond donors (Lipinski definition) is 1. The molecule has 140 valence electrons. The molecule has 2 aromatic rings. The maximum Gasteiger partial charge on any atom is 0.255 e. The second-order valence-electron chi connectivity index (χ2n) is 5.86. The molecular formula is C21H27NO4. The number of methoxy groups -OCH3 is 1. The molecule has 0 aromatic heterocycles. The van der Waals surface area contributed by atoms with Gasteiger partial charge in [0.15, 0.2) is 11.5 Å². The van der Waals surface area contributed by atoms with Gasteiger partial charge in [-0.2, -0.15) is 0 Å². The zero-order valence-corrected chi connectivity index (χ0v) is 15.7. The summed E-state index contributed by atoms with van der Waals surface area (Å²) in [5.41, 5.74) is 1.47. The van der Waals surface area contributed by atoms with E-state index in [0.717, 1.165) is 18.4 Å². The van der Waals surface area contributed by atoms with Gasteiger partial charge in [0.25, 0.3) is 5.91 Å². The molecule has 0 spiro atoms. The number of carbonyl (C=O) groups excluding carboxylic acids is 1. The van der Waals surface area contributed by atoms with Gasteiger partial charge in [-0.1, -0.05) is 32.0 Å². The molecule has 0 fully saturated rings. The molecule has 0 bridgehead atoms. The first kappa shape index (κ1) is 19.6. The number of ether oxygens (including phenoxy) is 3. The molecular weight excluding hydrogens is 330 g/mol. The summed E-state index contributed by atoms with van der Waals surface area (Å²) in [6.45, 7) is 5.70. The minimum Gasteiger partial charge on any atom is -0.493 e. The van der Waals surface area contributed by atoms with E-state index in [2.05, 4.69) is 12.2 Å². The van der Waals surface area contributed by atoms with E-state index in [9.17, 15) is 4.79 Å². The maximum absolute atomic E-state index is 12.5. The lowest BCUT2D eigenvalue weighted by molar-refractivity contribution is 0.0946. The van der Waals surface area contributed by atoms with Gasteiger partial charge in [-0.15, -0.1) is 0 Å². The quantitative estimate of drug-likeness (QED) is 0.692. The van der Waals surface area contributed by atoms with Crippen LogP contribution in [0.4, 0.5) is 0 Å². The lowest BCUT2D eigenvalue weighted by atomic mass is 10.1. The molecule has 0 heterocycles. The average Bonchev–Trinajstić information content (AvgIpc) is 2.69. The second-order valence-corrected chi connectivity index (χ2v) is 5.86. The number of nitrogens with one attached hydrogen (secondary N) is 1. The van der Waals surface area contributed by atoms with Crippen molar-refractivity contribution in [2.45, 2.75) is 33.2 Å². The standard InChI is InChI=1S/C21H27NO4/c1-4-12-25-18-9-7-6-8-17(18)21(23)22-15-16-10-11-19(26-13-5-2)20(14-16)24-3/h6-11,14H,4-5,12-13,15H2,1-3H3,(H,22,23). The maximum atomic E-state index is 12.5. The number of benzene rings is 2. The first-order valence-corrected chi connectivity index (χ1v) is 8.99. The molecule has 0 atom stereocenters. The number of hydrogen-bond acceptors (Lipinski definition) is 4. The lowest BCUT2D eigenvalue weighted by Gasteiger charge is -2.13. The minimum atomic E-state index is -0.165. The molecule has 26 heavy (non-hydrogen) atoms. The molecule has 0 saturated carbocycles. The molecule has 0 radical (unpaired) electrons. The van der Waals surface area contributed by atoms with E-state index in [1.54, 1.807) is 13.2 Å². The highest BCUT2D eigenvalue weighted by atomic mass is 16.5. The van der Waals surface area contributed by atoms with Crippen LogP contribution in [0.3, 0.4) is 0 Å². The summed E-state index contributed by atoms with van der Waals surface area (Å²) < 4.78 is 16.7. The van der Waals surface area contributed by atoms with Crippen LogP contribution in [0.5, 0.6) is 17.2 Å². The van der Waals surface area contributed by atoms with Gasteiger partial charge >= 0.3 is 0 Å². The lowest BCUT2D eigenvalue weighted by Crippen LogP contribution is -2.23. The van der Waals surface area contributed by atoms with Crippen LogP contribution in [0.2, 0.25) is 0 Å². The highest BCUT2D eigenvalue weighted by molar-refractivity contribution is 5.96. The van der Waals surface area contributed by atoms with Gasteiger partial charge in [0, 0.05) is 6.54 Å². The molecule has 2 aromatic carbocycles. The summed E-state index contributed by atoms with van der Waals surface area (Å²) in [5, 5.41) is 2.93. The molecule has 0 aliphatic heterocycles. The molecule has 0 unspecified atom stereocenters. The molecule has 1 amide bonds. The van der Waals surface area contributed by atoms with Crippen molar-refractivity contribution < 1.29 is 19.0 Å². The fraction of sp³-hybridized carbons (Fsp3) is 0.381. The zero-order valence-electron chi connectivity index (χ0n) is 15.7. The SMILES string of the molecule is CCCOc1ccc(CNC(=O)c2ccccc2OCCC)cc1OC. The molecule has 0 aliphatic rings. The highest BCUT2D eigenvalue weighted by Crippen LogP contribution is 2.28. The summed E-state index contributed by atoms with van der Waals surface area (Å²) in [4.78, 5) is 12.5. The Bertz CT molecular complexity index is 715. The number of rotatable bonds is 10. The Hall–Kier alpha value is -2.69. The topological polar surface area (TPSA) is 56.8 Å². The van der Waals surface area contributed by atoms with Crippen molar-refractivity contribution in [3.63, 3.8) is 0 Å². The van der Waals surface area contributed by atoms with E-state index in [0.29, 0.717) is 42.6 Å². The smallest absolute Gasteiger partial charge is 0.255 e. The van der Waals surface area contributed by atoms with E-state index in [1.807, 2.05) is 43.3 Å². The Morgan fingerprint density at radius 3 is 2.31 bits per heavy atom. The van der Waals surface area contributed by atoms with E-state index < -0.39 is 0 Å². The van der Waals surface area contributed by atoms with Crippen molar-refractivity contribution in [3.8, 4) is 17.2 Å². The van der Waals surface area contributed by atoms with Crippen LogP contribution >= 0.6 is 0 Å². The molecule has 1 N–H and O–H groups in total. The second kappa shape index (κ2) is 10.3. The van der Waals surface area contributed by atoms with Crippen LogP contribution in [0.15, 0.2) is 42.5 Å². The van der Waals surface area contributed by atoms with Gasteiger partial charge in [0.05, 0.1) is 25.9 Å². The average molecular weight is 357 g/mol. The zero-order chi connectivity index (χ0) is 18.8. The molecule has 5 heteroatoms. The monoisotopic (exact) mass is 357 g/mol. The van der Waals surface area contributed by atoms with Gasteiger partial charge in [-0.3, -0.25) is 4.79 Å². The van der Waals surface area contributed by atoms with E-state index in [1.165, 1.54) is 0 Å². The number of para-hydroxylation sites is 1. The summed E-state index contributed by atoms with van der Waals surface area (Å²) in [6, 6.07) is 12.9.